The van der Waals surface area contributed by atoms with Gasteiger partial charge in [-0.25, -0.2) is 0 Å². The van der Waals surface area contributed by atoms with Crippen LogP contribution >= 0.6 is 24.0 Å². The summed E-state index contributed by atoms with van der Waals surface area (Å²) in [7, 11) is 0. The second-order valence-corrected chi connectivity index (χ2v) is 5.49. The third kappa shape index (κ3) is 3.67. The molecular formula is C15H20Cl2N2O. The van der Waals surface area contributed by atoms with Crippen molar-refractivity contribution < 1.29 is 4.74 Å². The van der Waals surface area contributed by atoms with Gasteiger partial charge in [-0.05, 0) is 37.1 Å². The third-order valence-corrected chi connectivity index (χ3v) is 3.98. The fourth-order valence-electron chi connectivity index (χ4n) is 2.66. The molecule has 1 aromatic heterocycles. The molecule has 3 nitrogen and oxygen atoms in total. The highest BCUT2D eigenvalue weighted by atomic mass is 35.5. The Morgan fingerprint density at radius 3 is 2.85 bits per heavy atom. The Morgan fingerprint density at radius 2 is 2.05 bits per heavy atom. The zero-order chi connectivity index (χ0) is 13.1. The molecule has 0 spiro atoms. The second kappa shape index (κ2) is 7.32. The van der Waals surface area contributed by atoms with Gasteiger partial charge in [0.05, 0.1) is 0 Å². The minimum absolute atomic E-state index is 0. The van der Waals surface area contributed by atoms with Crippen molar-refractivity contribution in [2.45, 2.75) is 25.4 Å². The molecule has 1 N–H and O–H groups in total. The number of benzene rings is 1. The Morgan fingerprint density at radius 1 is 1.25 bits per heavy atom. The lowest BCUT2D eigenvalue weighted by atomic mass is 10.1. The average Bonchev–Trinajstić information content (AvgIpc) is 2.82. The van der Waals surface area contributed by atoms with Gasteiger partial charge < -0.3 is 14.6 Å². The van der Waals surface area contributed by atoms with Gasteiger partial charge in [-0.1, -0.05) is 11.6 Å². The van der Waals surface area contributed by atoms with E-state index in [4.69, 9.17) is 16.3 Å². The Hall–Kier alpha value is -0.740. The molecule has 0 atom stereocenters. The van der Waals surface area contributed by atoms with Crippen molar-refractivity contribution in [3.63, 3.8) is 0 Å². The summed E-state index contributed by atoms with van der Waals surface area (Å²) >= 11 is 6.00. The fraction of sp³-hybridized carbons (Fsp3) is 0.467. The van der Waals surface area contributed by atoms with E-state index in [1.165, 1.54) is 10.9 Å². The van der Waals surface area contributed by atoms with Gasteiger partial charge in [-0.3, -0.25) is 0 Å². The Kier molecular flexibility index (Phi) is 5.73. The number of nitrogens with zero attached hydrogens (tertiary/aromatic N) is 1. The van der Waals surface area contributed by atoms with Crippen LogP contribution in [0.5, 0.6) is 0 Å². The maximum absolute atomic E-state index is 6.00. The molecule has 1 saturated heterocycles. The SMILES string of the molecule is Cl.Clc1ccc2c(ccn2CCNC2CCOCC2)c1. The monoisotopic (exact) mass is 314 g/mol. The first-order valence-electron chi connectivity index (χ1n) is 6.88. The van der Waals surface area contributed by atoms with E-state index >= 15 is 0 Å². The van der Waals surface area contributed by atoms with Crippen LogP contribution in [0.15, 0.2) is 30.5 Å². The summed E-state index contributed by atoms with van der Waals surface area (Å²) in [5.74, 6) is 0. The normalized spacial score (nSPS) is 16.2. The molecule has 1 aliphatic rings. The molecule has 2 aromatic rings. The highest BCUT2D eigenvalue weighted by molar-refractivity contribution is 6.31. The molecule has 0 unspecified atom stereocenters. The van der Waals surface area contributed by atoms with Crippen LogP contribution in [0, 0.1) is 0 Å². The second-order valence-electron chi connectivity index (χ2n) is 5.05. The van der Waals surface area contributed by atoms with Gasteiger partial charge in [0.1, 0.15) is 0 Å². The van der Waals surface area contributed by atoms with E-state index in [2.05, 4.69) is 28.2 Å². The van der Waals surface area contributed by atoms with Crippen molar-refractivity contribution in [1.82, 2.24) is 9.88 Å². The largest absolute Gasteiger partial charge is 0.381 e. The van der Waals surface area contributed by atoms with Crippen LogP contribution < -0.4 is 5.32 Å². The molecule has 5 heteroatoms. The van der Waals surface area contributed by atoms with Crippen molar-refractivity contribution in [1.29, 1.82) is 0 Å². The van der Waals surface area contributed by atoms with E-state index in [9.17, 15) is 0 Å². The van der Waals surface area contributed by atoms with E-state index in [0.29, 0.717) is 6.04 Å². The molecular weight excluding hydrogens is 295 g/mol. The van der Waals surface area contributed by atoms with Gasteiger partial charge in [0.25, 0.3) is 0 Å². The standard InChI is InChI=1S/C15H19ClN2O.ClH/c16-13-1-2-15-12(11-13)3-7-18(15)8-6-17-14-4-9-19-10-5-14;/h1-3,7,11,14,17H,4-6,8-10H2;1H. The number of halogens is 2. The molecule has 20 heavy (non-hydrogen) atoms. The lowest BCUT2D eigenvalue weighted by molar-refractivity contribution is 0.0779. The van der Waals surface area contributed by atoms with Crippen LogP contribution in [-0.4, -0.2) is 30.4 Å². The van der Waals surface area contributed by atoms with Crippen molar-refractivity contribution in [3.8, 4) is 0 Å². The van der Waals surface area contributed by atoms with E-state index in [0.717, 1.165) is 44.2 Å². The zero-order valence-corrected chi connectivity index (χ0v) is 12.9. The lowest BCUT2D eigenvalue weighted by Gasteiger charge is -2.23. The highest BCUT2D eigenvalue weighted by Gasteiger charge is 2.12. The quantitative estimate of drug-likeness (QED) is 0.935. The van der Waals surface area contributed by atoms with Crippen LogP contribution in [0.1, 0.15) is 12.8 Å². The van der Waals surface area contributed by atoms with Crippen molar-refractivity contribution in [2.75, 3.05) is 19.8 Å². The van der Waals surface area contributed by atoms with Gasteiger partial charge in [0, 0.05) is 54.5 Å². The van der Waals surface area contributed by atoms with Gasteiger partial charge in [-0.15, -0.1) is 12.4 Å². The average molecular weight is 315 g/mol. The first kappa shape index (κ1) is 15.6. The molecule has 3 rings (SSSR count). The fourth-order valence-corrected chi connectivity index (χ4v) is 2.84. The van der Waals surface area contributed by atoms with E-state index in [1.54, 1.807) is 0 Å². The Labute approximate surface area is 130 Å². The lowest BCUT2D eigenvalue weighted by Crippen LogP contribution is -2.36. The number of aromatic nitrogens is 1. The van der Waals surface area contributed by atoms with Gasteiger partial charge in [0.2, 0.25) is 0 Å². The number of hydrogen-bond donors (Lipinski definition) is 1. The predicted octanol–water partition coefficient (Wildman–Crippen LogP) is 3.49. The van der Waals surface area contributed by atoms with E-state index in [1.807, 2.05) is 12.1 Å². The topological polar surface area (TPSA) is 26.2 Å². The van der Waals surface area contributed by atoms with Crippen molar-refractivity contribution in [3.05, 3.63) is 35.5 Å². The summed E-state index contributed by atoms with van der Waals surface area (Å²) in [4.78, 5) is 0. The molecule has 0 radical (unpaired) electrons. The zero-order valence-electron chi connectivity index (χ0n) is 11.3. The van der Waals surface area contributed by atoms with Gasteiger partial charge in [0.15, 0.2) is 0 Å². The number of nitrogens with one attached hydrogen (secondary N) is 1. The highest BCUT2D eigenvalue weighted by Crippen LogP contribution is 2.20. The Balaban J connectivity index is 0.00000147. The van der Waals surface area contributed by atoms with Crippen LogP contribution in [-0.2, 0) is 11.3 Å². The minimum Gasteiger partial charge on any atom is -0.381 e. The number of fused-ring (bicyclic) bond motifs is 1. The van der Waals surface area contributed by atoms with Gasteiger partial charge in [-0.2, -0.15) is 0 Å². The van der Waals surface area contributed by atoms with Crippen LogP contribution in [0.3, 0.4) is 0 Å². The number of ether oxygens (including phenoxy) is 1. The molecule has 0 bridgehead atoms. The molecule has 1 fully saturated rings. The van der Waals surface area contributed by atoms with Crippen LogP contribution in [0.25, 0.3) is 10.9 Å². The van der Waals surface area contributed by atoms with Crippen LogP contribution in [0.4, 0.5) is 0 Å². The molecule has 1 aliphatic heterocycles. The van der Waals surface area contributed by atoms with Gasteiger partial charge >= 0.3 is 0 Å². The molecule has 1 aromatic carbocycles. The Bertz CT molecular complexity index is 550. The van der Waals surface area contributed by atoms with Crippen LogP contribution in [0.2, 0.25) is 5.02 Å². The van der Waals surface area contributed by atoms with Crippen molar-refractivity contribution >= 4 is 34.9 Å². The summed E-state index contributed by atoms with van der Waals surface area (Å²) < 4.78 is 7.64. The summed E-state index contributed by atoms with van der Waals surface area (Å²) in [6.45, 7) is 3.77. The van der Waals surface area contributed by atoms with Crippen molar-refractivity contribution in [2.24, 2.45) is 0 Å². The maximum Gasteiger partial charge on any atom is 0.0481 e. The first-order valence-corrected chi connectivity index (χ1v) is 7.26. The predicted molar refractivity (Wildman–Crippen MR) is 86.0 cm³/mol. The number of hydrogen-bond acceptors (Lipinski definition) is 2. The third-order valence-electron chi connectivity index (χ3n) is 3.74. The minimum atomic E-state index is 0. The smallest absolute Gasteiger partial charge is 0.0481 e. The van der Waals surface area contributed by atoms with E-state index in [-0.39, 0.29) is 12.4 Å². The molecule has 0 saturated carbocycles. The summed E-state index contributed by atoms with van der Waals surface area (Å²) in [5, 5.41) is 5.61. The molecule has 0 amide bonds. The molecule has 0 aliphatic carbocycles. The number of rotatable bonds is 4. The first-order chi connectivity index (χ1) is 9.33. The summed E-state index contributed by atoms with van der Waals surface area (Å²) in [5.41, 5.74) is 1.25. The summed E-state index contributed by atoms with van der Waals surface area (Å²) in [6, 6.07) is 8.79. The van der Waals surface area contributed by atoms with E-state index < -0.39 is 0 Å². The summed E-state index contributed by atoms with van der Waals surface area (Å²) in [6.07, 6.45) is 4.39. The molecule has 2 heterocycles. The maximum atomic E-state index is 6.00. The molecule has 110 valence electrons.